The van der Waals surface area contributed by atoms with Crippen LogP contribution in [0.3, 0.4) is 0 Å². The molecular weight excluding hydrogens is 283 g/mol. The lowest BCUT2D eigenvalue weighted by Crippen LogP contribution is -2.28. The van der Waals surface area contributed by atoms with E-state index < -0.39 is 27.5 Å². The molecule has 0 atom stereocenters. The normalized spacial score (nSPS) is 13.6. The Morgan fingerprint density at radius 1 is 1.21 bits per heavy atom. The molecule has 0 aromatic rings. The van der Waals surface area contributed by atoms with Crippen molar-refractivity contribution in [2.45, 2.75) is 52.8 Å². The van der Waals surface area contributed by atoms with Crippen molar-refractivity contribution in [1.82, 2.24) is 0 Å². The first-order valence-corrected chi connectivity index (χ1v) is 11.8. The summed E-state index contributed by atoms with van der Waals surface area (Å²) >= 11 is 0. The molecule has 0 aliphatic rings. The molecule has 2 N–H and O–H groups in total. The Kier molecular flexibility index (Phi) is 7.13. The van der Waals surface area contributed by atoms with Crippen LogP contribution in [0.5, 0.6) is 0 Å². The van der Waals surface area contributed by atoms with Crippen LogP contribution in [-0.4, -0.2) is 36.7 Å². The molecule has 0 rings (SSSR count). The van der Waals surface area contributed by atoms with Gasteiger partial charge in [-0.25, -0.2) is 0 Å². The molecule has 0 saturated heterocycles. The summed E-state index contributed by atoms with van der Waals surface area (Å²) in [5, 5.41) is 0. The van der Waals surface area contributed by atoms with Crippen molar-refractivity contribution in [3.8, 4) is 0 Å². The first-order valence-electron chi connectivity index (χ1n) is 6.55. The SMILES string of the molecule is CC(C)(CCCCO[Si](C)(C)C)C(=O)CP(=O)(O)O. The minimum atomic E-state index is -4.25. The first-order chi connectivity index (χ1) is 8.33. The van der Waals surface area contributed by atoms with Gasteiger partial charge >= 0.3 is 7.60 Å². The number of unbranched alkanes of at least 4 members (excludes halogenated alkanes) is 1. The van der Waals surface area contributed by atoms with Crippen molar-refractivity contribution in [2.24, 2.45) is 5.41 Å². The topological polar surface area (TPSA) is 83.8 Å². The fraction of sp³-hybridized carbons (Fsp3) is 0.917. The van der Waals surface area contributed by atoms with Gasteiger partial charge in [-0.3, -0.25) is 9.36 Å². The van der Waals surface area contributed by atoms with Crippen LogP contribution in [0.25, 0.3) is 0 Å². The highest BCUT2D eigenvalue weighted by Gasteiger charge is 2.31. The van der Waals surface area contributed by atoms with Gasteiger partial charge in [0.05, 0.1) is 0 Å². The van der Waals surface area contributed by atoms with Crippen molar-refractivity contribution in [3.05, 3.63) is 0 Å². The lowest BCUT2D eigenvalue weighted by atomic mass is 9.83. The van der Waals surface area contributed by atoms with Gasteiger partial charge in [-0.2, -0.15) is 0 Å². The Balaban J connectivity index is 4.04. The van der Waals surface area contributed by atoms with E-state index >= 15 is 0 Å². The van der Waals surface area contributed by atoms with Crippen molar-refractivity contribution in [2.75, 3.05) is 12.8 Å². The second-order valence-corrected chi connectivity index (χ2v) is 12.7. The molecule has 5 nitrogen and oxygen atoms in total. The summed E-state index contributed by atoms with van der Waals surface area (Å²) in [5.74, 6) is -0.369. The Labute approximate surface area is 117 Å². The second-order valence-electron chi connectivity index (χ2n) is 6.55. The predicted molar refractivity (Wildman–Crippen MR) is 78.8 cm³/mol. The maximum absolute atomic E-state index is 11.8. The largest absolute Gasteiger partial charge is 0.418 e. The van der Waals surface area contributed by atoms with Crippen LogP contribution in [0.15, 0.2) is 0 Å². The van der Waals surface area contributed by atoms with E-state index in [-0.39, 0.29) is 5.78 Å². The highest BCUT2D eigenvalue weighted by atomic mass is 31.2. The van der Waals surface area contributed by atoms with Crippen LogP contribution < -0.4 is 0 Å². The highest BCUT2D eigenvalue weighted by Crippen LogP contribution is 2.38. The van der Waals surface area contributed by atoms with E-state index in [1.807, 2.05) is 0 Å². The Morgan fingerprint density at radius 2 is 1.74 bits per heavy atom. The Morgan fingerprint density at radius 3 is 2.16 bits per heavy atom. The molecular formula is C12H27O5PSi. The highest BCUT2D eigenvalue weighted by molar-refractivity contribution is 7.52. The van der Waals surface area contributed by atoms with E-state index in [0.717, 1.165) is 12.8 Å². The van der Waals surface area contributed by atoms with Gasteiger partial charge in [-0.15, -0.1) is 0 Å². The Hall–Kier alpha value is -0.00312. The molecule has 0 bridgehead atoms. The summed E-state index contributed by atoms with van der Waals surface area (Å²) in [7, 11) is -5.73. The van der Waals surface area contributed by atoms with E-state index in [4.69, 9.17) is 14.2 Å². The summed E-state index contributed by atoms with van der Waals surface area (Å²) in [6.07, 6.45) is 1.66. The quantitative estimate of drug-likeness (QED) is 0.389. The van der Waals surface area contributed by atoms with Gasteiger partial charge in [0.25, 0.3) is 0 Å². The van der Waals surface area contributed by atoms with Crippen LogP contribution >= 0.6 is 7.60 Å². The zero-order valence-corrected chi connectivity index (χ0v) is 14.5. The smallest absolute Gasteiger partial charge is 0.332 e. The lowest BCUT2D eigenvalue weighted by molar-refractivity contribution is -0.125. The summed E-state index contributed by atoms with van der Waals surface area (Å²) in [6, 6.07) is 0. The van der Waals surface area contributed by atoms with Crippen LogP contribution in [-0.2, 0) is 13.8 Å². The number of rotatable bonds is 9. The fourth-order valence-electron chi connectivity index (χ4n) is 1.59. The van der Waals surface area contributed by atoms with Crippen molar-refractivity contribution in [1.29, 1.82) is 0 Å². The second kappa shape index (κ2) is 7.13. The van der Waals surface area contributed by atoms with Crippen molar-refractivity contribution < 1.29 is 23.6 Å². The average Bonchev–Trinajstić information content (AvgIpc) is 2.12. The molecule has 0 aliphatic heterocycles. The molecule has 114 valence electrons. The van der Waals surface area contributed by atoms with E-state index in [1.54, 1.807) is 13.8 Å². The zero-order chi connectivity index (χ0) is 15.3. The van der Waals surface area contributed by atoms with Crippen LogP contribution in [0.4, 0.5) is 0 Å². The molecule has 0 unspecified atom stereocenters. The number of Topliss-reactive ketones (excluding diaryl/α,β-unsaturated/α-hetero) is 1. The summed E-state index contributed by atoms with van der Waals surface area (Å²) in [6.45, 7) is 10.6. The van der Waals surface area contributed by atoms with Gasteiger partial charge in [0, 0.05) is 12.0 Å². The molecule has 0 heterocycles. The van der Waals surface area contributed by atoms with E-state index in [1.165, 1.54) is 0 Å². The van der Waals surface area contributed by atoms with Crippen molar-refractivity contribution >= 4 is 21.7 Å². The molecule has 0 aliphatic carbocycles. The maximum Gasteiger partial charge on any atom is 0.332 e. The standard InChI is InChI=1S/C12H27O5PSi/c1-12(2,11(13)10-18(14,15)16)8-6-7-9-17-19(3,4)5/h6-10H2,1-5H3,(H2,14,15,16). The molecule has 0 amide bonds. The van der Waals surface area contributed by atoms with Gasteiger partial charge in [0.15, 0.2) is 8.32 Å². The molecule has 0 aromatic carbocycles. The third kappa shape index (κ3) is 10.4. The zero-order valence-electron chi connectivity index (χ0n) is 12.6. The third-order valence-electron chi connectivity index (χ3n) is 2.84. The van der Waals surface area contributed by atoms with E-state index in [2.05, 4.69) is 19.6 Å². The molecule has 0 spiro atoms. The first kappa shape index (κ1) is 19.0. The monoisotopic (exact) mass is 310 g/mol. The van der Waals surface area contributed by atoms with Crippen LogP contribution in [0.1, 0.15) is 33.1 Å². The van der Waals surface area contributed by atoms with E-state index in [0.29, 0.717) is 13.0 Å². The predicted octanol–water partition coefficient (Wildman–Crippen LogP) is 2.78. The van der Waals surface area contributed by atoms with Crippen LogP contribution in [0, 0.1) is 5.41 Å². The minimum absolute atomic E-state index is 0.369. The minimum Gasteiger partial charge on any atom is -0.418 e. The number of carbonyl (C=O) groups excluding carboxylic acids is 1. The summed E-state index contributed by atoms with van der Waals surface area (Å²) in [4.78, 5) is 29.4. The summed E-state index contributed by atoms with van der Waals surface area (Å²) < 4.78 is 16.5. The number of hydrogen-bond donors (Lipinski definition) is 2. The van der Waals surface area contributed by atoms with Gasteiger partial charge in [0.1, 0.15) is 11.9 Å². The van der Waals surface area contributed by atoms with Gasteiger partial charge in [0.2, 0.25) is 0 Å². The maximum atomic E-state index is 11.8. The lowest BCUT2D eigenvalue weighted by Gasteiger charge is -2.23. The third-order valence-corrected chi connectivity index (χ3v) is 4.60. The van der Waals surface area contributed by atoms with E-state index in [9.17, 15) is 9.36 Å². The molecule has 0 saturated carbocycles. The Bertz CT molecular complexity index is 343. The molecule has 7 heteroatoms. The van der Waals surface area contributed by atoms with Crippen LogP contribution in [0.2, 0.25) is 19.6 Å². The number of ketones is 1. The number of hydrogen-bond acceptors (Lipinski definition) is 3. The average molecular weight is 310 g/mol. The van der Waals surface area contributed by atoms with Gasteiger partial charge in [-0.1, -0.05) is 20.3 Å². The molecule has 0 radical (unpaired) electrons. The molecule has 0 fully saturated rings. The van der Waals surface area contributed by atoms with Gasteiger partial charge < -0.3 is 14.2 Å². The molecule has 0 aromatic heterocycles. The fourth-order valence-corrected chi connectivity index (χ4v) is 3.15. The molecule has 19 heavy (non-hydrogen) atoms. The van der Waals surface area contributed by atoms with Gasteiger partial charge in [-0.05, 0) is 32.5 Å². The summed E-state index contributed by atoms with van der Waals surface area (Å²) in [5.41, 5.74) is -0.680. The van der Waals surface area contributed by atoms with Crippen molar-refractivity contribution in [3.63, 3.8) is 0 Å². The number of carbonyl (C=O) groups is 1.